The van der Waals surface area contributed by atoms with Gasteiger partial charge >= 0.3 is 5.69 Å². The number of hydrogen-bond donors (Lipinski definition) is 2. The zero-order valence-corrected chi connectivity index (χ0v) is 18.1. The number of aliphatic imine (C=N–C) groups is 1. The van der Waals surface area contributed by atoms with E-state index in [1.807, 2.05) is 31.2 Å². The van der Waals surface area contributed by atoms with E-state index < -0.39 is 0 Å². The first-order chi connectivity index (χ1) is 14.6. The third-order valence-electron chi connectivity index (χ3n) is 5.03. The monoisotopic (exact) mass is 416 g/mol. The van der Waals surface area contributed by atoms with Gasteiger partial charge < -0.3 is 20.1 Å². The number of guanidine groups is 1. The molecule has 9 heteroatoms. The molecule has 30 heavy (non-hydrogen) atoms. The van der Waals surface area contributed by atoms with Crippen LogP contribution in [0.5, 0.6) is 11.5 Å². The molecule has 1 aromatic heterocycles. The van der Waals surface area contributed by atoms with Crippen molar-refractivity contribution in [1.82, 2.24) is 25.0 Å². The van der Waals surface area contributed by atoms with Gasteiger partial charge in [0.2, 0.25) is 0 Å². The van der Waals surface area contributed by atoms with Crippen molar-refractivity contribution in [1.29, 1.82) is 0 Å². The van der Waals surface area contributed by atoms with Gasteiger partial charge in [-0.15, -0.1) is 0 Å². The molecule has 0 aliphatic carbocycles. The van der Waals surface area contributed by atoms with Gasteiger partial charge in [0.05, 0.1) is 13.7 Å². The van der Waals surface area contributed by atoms with E-state index in [-0.39, 0.29) is 11.8 Å². The lowest BCUT2D eigenvalue weighted by Crippen LogP contribution is -2.42. The molecule has 1 unspecified atom stereocenters. The van der Waals surface area contributed by atoms with Crippen molar-refractivity contribution >= 4 is 5.96 Å². The molecule has 2 aromatic rings. The van der Waals surface area contributed by atoms with E-state index in [1.165, 1.54) is 0 Å². The molecule has 3 rings (SSSR count). The fraction of sp³-hybridized carbons (Fsp3) is 0.571. The molecular weight excluding hydrogens is 384 g/mol. The molecule has 2 N–H and O–H groups in total. The van der Waals surface area contributed by atoms with Crippen molar-refractivity contribution in [3.8, 4) is 11.5 Å². The fourth-order valence-corrected chi connectivity index (χ4v) is 3.44. The van der Waals surface area contributed by atoms with Crippen LogP contribution in [0.4, 0.5) is 0 Å². The van der Waals surface area contributed by atoms with Crippen molar-refractivity contribution in [3.05, 3.63) is 40.6 Å². The summed E-state index contributed by atoms with van der Waals surface area (Å²) >= 11 is 0. The first-order valence-electron chi connectivity index (χ1n) is 10.5. The largest absolute Gasteiger partial charge is 0.497 e. The van der Waals surface area contributed by atoms with Crippen LogP contribution in [0.15, 0.2) is 34.1 Å². The molecule has 1 aromatic carbocycles. The summed E-state index contributed by atoms with van der Waals surface area (Å²) in [6.45, 7) is 4.67. The quantitative estimate of drug-likeness (QED) is 0.365. The van der Waals surface area contributed by atoms with Gasteiger partial charge in [0.25, 0.3) is 0 Å². The second-order valence-corrected chi connectivity index (χ2v) is 7.37. The summed E-state index contributed by atoms with van der Waals surface area (Å²) in [5.41, 5.74) is 0.00993. The summed E-state index contributed by atoms with van der Waals surface area (Å²) < 4.78 is 14.5. The second kappa shape index (κ2) is 10.7. The number of nitrogens with one attached hydrogen (secondary N) is 2. The summed E-state index contributed by atoms with van der Waals surface area (Å²) in [6, 6.07) is 7.55. The lowest BCUT2D eigenvalue weighted by atomic mass is 10.2. The average molecular weight is 417 g/mol. The van der Waals surface area contributed by atoms with E-state index in [0.717, 1.165) is 49.6 Å². The van der Waals surface area contributed by atoms with Crippen LogP contribution < -0.4 is 25.8 Å². The van der Waals surface area contributed by atoms with E-state index in [9.17, 15) is 4.79 Å². The molecule has 164 valence electrons. The Labute approximate surface area is 177 Å². The summed E-state index contributed by atoms with van der Waals surface area (Å²) in [7, 11) is 3.37. The van der Waals surface area contributed by atoms with Gasteiger partial charge in [-0.25, -0.2) is 9.48 Å². The summed E-state index contributed by atoms with van der Waals surface area (Å²) in [5, 5.41) is 11.0. The number of methoxy groups -OCH3 is 1. The zero-order valence-electron chi connectivity index (χ0n) is 18.1. The van der Waals surface area contributed by atoms with Crippen LogP contribution in [-0.2, 0) is 19.5 Å². The van der Waals surface area contributed by atoms with Crippen molar-refractivity contribution < 1.29 is 9.47 Å². The Morgan fingerprint density at radius 1 is 1.30 bits per heavy atom. The lowest BCUT2D eigenvalue weighted by Gasteiger charge is -2.18. The van der Waals surface area contributed by atoms with Crippen molar-refractivity contribution in [2.45, 2.75) is 51.8 Å². The minimum atomic E-state index is -0.0499. The minimum absolute atomic E-state index is 0.00993. The van der Waals surface area contributed by atoms with E-state index in [1.54, 1.807) is 23.4 Å². The summed E-state index contributed by atoms with van der Waals surface area (Å²) in [5.74, 6) is 3.15. The number of nitrogens with zero attached hydrogens (tertiary/aromatic N) is 4. The van der Waals surface area contributed by atoms with Crippen LogP contribution in [0.1, 0.15) is 32.0 Å². The topological polar surface area (TPSA) is 94.7 Å². The van der Waals surface area contributed by atoms with Crippen molar-refractivity contribution in [2.24, 2.45) is 4.99 Å². The van der Waals surface area contributed by atoms with Crippen molar-refractivity contribution in [2.75, 3.05) is 27.2 Å². The third kappa shape index (κ3) is 5.77. The molecule has 1 aliphatic rings. The van der Waals surface area contributed by atoms with Crippen LogP contribution in [0.25, 0.3) is 0 Å². The second-order valence-electron chi connectivity index (χ2n) is 7.37. The highest BCUT2D eigenvalue weighted by Crippen LogP contribution is 2.19. The molecule has 2 heterocycles. The molecule has 0 spiro atoms. The van der Waals surface area contributed by atoms with Gasteiger partial charge in [0.1, 0.15) is 23.4 Å². The molecule has 0 bridgehead atoms. The number of rotatable bonds is 9. The Bertz CT molecular complexity index is 904. The van der Waals surface area contributed by atoms with E-state index >= 15 is 0 Å². The molecular formula is C21H32N6O3. The summed E-state index contributed by atoms with van der Waals surface area (Å²) in [4.78, 5) is 16.6. The smallest absolute Gasteiger partial charge is 0.345 e. The Morgan fingerprint density at radius 3 is 2.90 bits per heavy atom. The standard InChI is InChI=1S/C21H32N6O3/c1-16(30-18-9-6-8-17(14-18)29-3)15-24-20(22-2)23-11-7-13-27-21(28)26-12-5-4-10-19(26)25-27/h6,8-9,14,16H,4-5,7,10-13,15H2,1-3H3,(H2,22,23,24). The average Bonchev–Trinajstić information content (AvgIpc) is 3.09. The number of aryl methyl sites for hydroxylation is 2. The molecule has 1 aliphatic heterocycles. The maximum absolute atomic E-state index is 12.4. The molecule has 9 nitrogen and oxygen atoms in total. The van der Waals surface area contributed by atoms with Crippen LogP contribution in [0.2, 0.25) is 0 Å². The zero-order chi connectivity index (χ0) is 21.3. The van der Waals surface area contributed by atoms with Crippen LogP contribution in [0.3, 0.4) is 0 Å². The number of fused-ring (bicyclic) bond motifs is 1. The van der Waals surface area contributed by atoms with Gasteiger partial charge in [0, 0.05) is 39.2 Å². The van der Waals surface area contributed by atoms with Gasteiger partial charge in [-0.2, -0.15) is 5.10 Å². The number of hydrogen-bond acceptors (Lipinski definition) is 5. The van der Waals surface area contributed by atoms with Gasteiger partial charge in [-0.1, -0.05) is 6.07 Å². The highest BCUT2D eigenvalue weighted by atomic mass is 16.5. The third-order valence-corrected chi connectivity index (χ3v) is 5.03. The number of ether oxygens (including phenoxy) is 2. The molecule has 0 fully saturated rings. The van der Waals surface area contributed by atoms with E-state index in [2.05, 4.69) is 20.7 Å². The molecule has 0 radical (unpaired) electrons. The maximum atomic E-state index is 12.4. The first-order valence-corrected chi connectivity index (χ1v) is 10.5. The highest BCUT2D eigenvalue weighted by molar-refractivity contribution is 5.79. The van der Waals surface area contributed by atoms with Crippen LogP contribution in [-0.4, -0.2) is 53.7 Å². The normalized spacial score (nSPS) is 14.7. The molecule has 0 amide bonds. The van der Waals surface area contributed by atoms with E-state index in [0.29, 0.717) is 25.6 Å². The molecule has 0 saturated heterocycles. The first kappa shape index (κ1) is 21.7. The van der Waals surface area contributed by atoms with E-state index in [4.69, 9.17) is 9.47 Å². The number of aromatic nitrogens is 3. The molecule has 1 atom stereocenters. The lowest BCUT2D eigenvalue weighted by molar-refractivity contribution is 0.223. The summed E-state index contributed by atoms with van der Waals surface area (Å²) in [6.07, 6.45) is 3.80. The Hall–Kier alpha value is -2.97. The van der Waals surface area contributed by atoms with Crippen LogP contribution in [0, 0.1) is 0 Å². The van der Waals surface area contributed by atoms with Gasteiger partial charge in [-0.05, 0) is 38.3 Å². The Balaban J connectivity index is 1.38. The SMILES string of the molecule is CN=C(NCCCn1nc2n(c1=O)CCCC2)NCC(C)Oc1cccc(OC)c1. The fourth-order valence-electron chi connectivity index (χ4n) is 3.44. The van der Waals surface area contributed by atoms with Gasteiger partial charge in [0.15, 0.2) is 5.96 Å². The Morgan fingerprint density at radius 2 is 2.13 bits per heavy atom. The predicted octanol–water partition coefficient (Wildman–Crippen LogP) is 1.41. The maximum Gasteiger partial charge on any atom is 0.345 e. The Kier molecular flexibility index (Phi) is 7.75. The predicted molar refractivity (Wildman–Crippen MR) is 116 cm³/mol. The minimum Gasteiger partial charge on any atom is -0.497 e. The van der Waals surface area contributed by atoms with Gasteiger partial charge in [-0.3, -0.25) is 9.56 Å². The number of benzene rings is 1. The van der Waals surface area contributed by atoms with Crippen LogP contribution >= 0.6 is 0 Å². The van der Waals surface area contributed by atoms with Crippen molar-refractivity contribution in [3.63, 3.8) is 0 Å². The highest BCUT2D eigenvalue weighted by Gasteiger charge is 2.16. The molecule has 0 saturated carbocycles.